The average Bonchev–Trinajstić information content (AvgIpc) is 2.35. The number of Topliss-reactive ketones (excluding diaryl/α,β-unsaturated/α-hetero) is 1. The summed E-state index contributed by atoms with van der Waals surface area (Å²) in [5.74, 6) is -1.47. The topological polar surface area (TPSA) is 40.9 Å². The van der Waals surface area contributed by atoms with E-state index >= 15 is 0 Å². The van der Waals surface area contributed by atoms with Gasteiger partial charge in [-0.15, -0.1) is 0 Å². The van der Waals surface area contributed by atoms with Crippen LogP contribution in [0, 0.1) is 28.4 Å². The van der Waals surface area contributed by atoms with Crippen LogP contribution in [-0.2, 0) is 11.2 Å². The Labute approximate surface area is 104 Å². The largest absolute Gasteiger partial charge is 0.298 e. The van der Waals surface area contributed by atoms with E-state index in [1.54, 1.807) is 0 Å². The number of carbonyl (C=O) groups is 1. The molecular formula is C14H13F2NO. The molecule has 0 aromatic heterocycles. The molecule has 2 nitrogen and oxygen atoms in total. The number of hydrogen-bond donors (Lipinski definition) is 0. The van der Waals surface area contributed by atoms with Crippen LogP contribution in [0.2, 0.25) is 0 Å². The van der Waals surface area contributed by atoms with E-state index in [1.165, 1.54) is 6.07 Å². The standard InChI is InChI=1S/C14H13F2NO/c15-11-5-4-10(12(16)7-11)8-14(9-17)6-2-1-3-13(14)18/h4-5,7H,1-3,6,8H2. The van der Waals surface area contributed by atoms with Crippen LogP contribution in [0.3, 0.4) is 0 Å². The fraction of sp³-hybridized carbons (Fsp3) is 0.429. The number of nitriles is 1. The lowest BCUT2D eigenvalue weighted by molar-refractivity contribution is -0.128. The Morgan fingerprint density at radius 2 is 2.11 bits per heavy atom. The Kier molecular flexibility index (Phi) is 3.42. The van der Waals surface area contributed by atoms with E-state index in [9.17, 15) is 18.8 Å². The van der Waals surface area contributed by atoms with Crippen molar-refractivity contribution in [2.24, 2.45) is 5.41 Å². The van der Waals surface area contributed by atoms with Crippen molar-refractivity contribution in [3.8, 4) is 6.07 Å². The summed E-state index contributed by atoms with van der Waals surface area (Å²) in [6, 6.07) is 5.29. The van der Waals surface area contributed by atoms with Crippen molar-refractivity contribution in [2.75, 3.05) is 0 Å². The van der Waals surface area contributed by atoms with Gasteiger partial charge in [-0.3, -0.25) is 4.79 Å². The van der Waals surface area contributed by atoms with Crippen LogP contribution in [-0.4, -0.2) is 5.78 Å². The highest BCUT2D eigenvalue weighted by molar-refractivity contribution is 5.88. The highest BCUT2D eigenvalue weighted by Gasteiger charge is 2.40. The molecule has 0 heterocycles. The number of carbonyl (C=O) groups excluding carboxylic acids is 1. The molecule has 1 atom stereocenters. The molecule has 0 amide bonds. The maximum absolute atomic E-state index is 13.6. The number of halogens is 2. The first-order chi connectivity index (χ1) is 8.57. The molecule has 1 aromatic rings. The fourth-order valence-corrected chi connectivity index (χ4v) is 2.43. The number of nitrogens with zero attached hydrogens (tertiary/aromatic N) is 1. The molecule has 1 aliphatic rings. The summed E-state index contributed by atoms with van der Waals surface area (Å²) in [5.41, 5.74) is -0.898. The van der Waals surface area contributed by atoms with Crippen LogP contribution < -0.4 is 0 Å². The van der Waals surface area contributed by atoms with Crippen LogP contribution in [0.1, 0.15) is 31.2 Å². The number of benzene rings is 1. The van der Waals surface area contributed by atoms with Crippen molar-refractivity contribution in [1.29, 1.82) is 5.26 Å². The fourth-order valence-electron chi connectivity index (χ4n) is 2.43. The monoisotopic (exact) mass is 249 g/mol. The SMILES string of the molecule is N#CC1(Cc2ccc(F)cc2F)CCCCC1=O. The molecule has 1 aliphatic carbocycles. The van der Waals surface area contributed by atoms with Gasteiger partial charge >= 0.3 is 0 Å². The average molecular weight is 249 g/mol. The molecule has 2 rings (SSSR count). The van der Waals surface area contributed by atoms with Crippen molar-refractivity contribution in [1.82, 2.24) is 0 Å². The third kappa shape index (κ3) is 2.26. The third-order valence-electron chi connectivity index (χ3n) is 3.51. The van der Waals surface area contributed by atoms with Gasteiger partial charge in [-0.1, -0.05) is 12.5 Å². The van der Waals surface area contributed by atoms with Crippen molar-refractivity contribution in [3.05, 3.63) is 35.4 Å². The molecule has 1 fully saturated rings. The molecule has 0 bridgehead atoms. The van der Waals surface area contributed by atoms with Gasteiger partial charge in [0, 0.05) is 18.9 Å². The molecule has 0 saturated heterocycles. The lowest BCUT2D eigenvalue weighted by atomic mass is 9.70. The van der Waals surface area contributed by atoms with Crippen LogP contribution in [0.25, 0.3) is 0 Å². The Balaban J connectivity index is 2.30. The maximum atomic E-state index is 13.6. The second-order valence-electron chi connectivity index (χ2n) is 4.74. The minimum absolute atomic E-state index is 0.0362. The van der Waals surface area contributed by atoms with Gasteiger partial charge in [-0.05, 0) is 24.5 Å². The number of ketones is 1. The van der Waals surface area contributed by atoms with Gasteiger partial charge in [-0.25, -0.2) is 8.78 Å². The Hall–Kier alpha value is -1.76. The zero-order chi connectivity index (χ0) is 13.2. The van der Waals surface area contributed by atoms with Crippen molar-refractivity contribution in [3.63, 3.8) is 0 Å². The summed E-state index contributed by atoms with van der Waals surface area (Å²) >= 11 is 0. The maximum Gasteiger partial charge on any atom is 0.153 e. The molecule has 94 valence electrons. The van der Waals surface area contributed by atoms with E-state index in [0.29, 0.717) is 12.8 Å². The Morgan fingerprint density at radius 3 is 2.72 bits per heavy atom. The van der Waals surface area contributed by atoms with E-state index in [4.69, 9.17) is 0 Å². The van der Waals surface area contributed by atoms with E-state index in [0.717, 1.165) is 25.0 Å². The zero-order valence-electron chi connectivity index (χ0n) is 9.88. The van der Waals surface area contributed by atoms with Crippen LogP contribution in [0.15, 0.2) is 18.2 Å². The van der Waals surface area contributed by atoms with Crippen molar-refractivity contribution >= 4 is 5.78 Å². The number of hydrogen-bond acceptors (Lipinski definition) is 2. The molecule has 0 spiro atoms. The number of rotatable bonds is 2. The van der Waals surface area contributed by atoms with Crippen LogP contribution >= 0.6 is 0 Å². The van der Waals surface area contributed by atoms with Gasteiger partial charge in [0.15, 0.2) is 5.78 Å². The molecule has 4 heteroatoms. The summed E-state index contributed by atoms with van der Waals surface area (Å²) in [7, 11) is 0. The normalized spacial score (nSPS) is 23.7. The van der Waals surface area contributed by atoms with E-state index in [1.807, 2.05) is 6.07 Å². The quantitative estimate of drug-likeness (QED) is 0.807. The summed E-state index contributed by atoms with van der Waals surface area (Å²) < 4.78 is 26.4. The molecule has 18 heavy (non-hydrogen) atoms. The van der Waals surface area contributed by atoms with Gasteiger partial charge in [0.05, 0.1) is 6.07 Å². The van der Waals surface area contributed by atoms with Crippen LogP contribution in [0.4, 0.5) is 8.78 Å². The first-order valence-corrected chi connectivity index (χ1v) is 5.96. The van der Waals surface area contributed by atoms with E-state index < -0.39 is 17.0 Å². The third-order valence-corrected chi connectivity index (χ3v) is 3.51. The molecule has 0 radical (unpaired) electrons. The van der Waals surface area contributed by atoms with E-state index in [2.05, 4.69) is 0 Å². The minimum Gasteiger partial charge on any atom is -0.298 e. The first-order valence-electron chi connectivity index (χ1n) is 5.96. The Morgan fingerprint density at radius 1 is 1.33 bits per heavy atom. The van der Waals surface area contributed by atoms with Gasteiger partial charge in [-0.2, -0.15) is 5.26 Å². The molecule has 0 aliphatic heterocycles. The highest BCUT2D eigenvalue weighted by atomic mass is 19.1. The lowest BCUT2D eigenvalue weighted by Gasteiger charge is -2.29. The second kappa shape index (κ2) is 4.85. The highest BCUT2D eigenvalue weighted by Crippen LogP contribution is 2.36. The smallest absolute Gasteiger partial charge is 0.153 e. The first kappa shape index (κ1) is 12.7. The summed E-state index contributed by atoms with van der Waals surface area (Å²) in [6.45, 7) is 0. The van der Waals surface area contributed by atoms with E-state index in [-0.39, 0.29) is 17.8 Å². The van der Waals surface area contributed by atoms with Gasteiger partial charge in [0.1, 0.15) is 17.0 Å². The van der Waals surface area contributed by atoms with Crippen LogP contribution in [0.5, 0.6) is 0 Å². The molecular weight excluding hydrogens is 236 g/mol. The van der Waals surface area contributed by atoms with Crippen molar-refractivity contribution < 1.29 is 13.6 Å². The second-order valence-corrected chi connectivity index (χ2v) is 4.74. The summed E-state index contributed by atoms with van der Waals surface area (Å²) in [4.78, 5) is 11.9. The van der Waals surface area contributed by atoms with Gasteiger partial charge in [0.2, 0.25) is 0 Å². The van der Waals surface area contributed by atoms with Crippen molar-refractivity contribution in [2.45, 2.75) is 32.1 Å². The molecule has 1 saturated carbocycles. The van der Waals surface area contributed by atoms with Gasteiger partial charge < -0.3 is 0 Å². The molecule has 1 aromatic carbocycles. The molecule has 1 unspecified atom stereocenters. The van der Waals surface area contributed by atoms with Gasteiger partial charge in [0.25, 0.3) is 0 Å². The summed E-state index contributed by atoms with van der Waals surface area (Å²) in [5, 5.41) is 9.25. The zero-order valence-corrected chi connectivity index (χ0v) is 9.88. The molecule has 0 N–H and O–H groups in total. The summed E-state index contributed by atoms with van der Waals surface area (Å²) in [6.07, 6.45) is 2.44. The minimum atomic E-state index is -1.13. The predicted octanol–water partition coefficient (Wildman–Crippen LogP) is 3.16. The lowest BCUT2D eigenvalue weighted by Crippen LogP contribution is -2.35. The Bertz CT molecular complexity index is 521. The predicted molar refractivity (Wildman–Crippen MR) is 61.6 cm³/mol.